The summed E-state index contributed by atoms with van der Waals surface area (Å²) in [5, 5.41) is 8.44. The molecule has 1 aliphatic rings. The fraction of sp³-hybridized carbons (Fsp3) is 0.833. The summed E-state index contributed by atoms with van der Waals surface area (Å²) in [5.74, 6) is -0.450. The lowest BCUT2D eigenvalue weighted by atomic mass is 10.0. The van der Waals surface area contributed by atoms with Gasteiger partial charge in [-0.25, -0.2) is 0 Å². The Kier molecular flexibility index (Phi) is 5.82. The van der Waals surface area contributed by atoms with Crippen LogP contribution in [-0.4, -0.2) is 45.5 Å². The van der Waals surface area contributed by atoms with E-state index >= 15 is 0 Å². The molecule has 0 aromatic rings. The van der Waals surface area contributed by atoms with Crippen molar-refractivity contribution in [2.45, 2.75) is 50.8 Å². The third-order valence-corrected chi connectivity index (χ3v) is 4.53. The Morgan fingerprint density at radius 2 is 2.18 bits per heavy atom. The molecular weight excluding hydrogens is 238 g/mol. The van der Waals surface area contributed by atoms with E-state index in [0.29, 0.717) is 12.5 Å². The molecule has 0 bridgehead atoms. The molecule has 1 saturated heterocycles. The van der Waals surface area contributed by atoms with Gasteiger partial charge >= 0.3 is 5.97 Å². The monoisotopic (exact) mass is 259 g/mol. The second-order valence-electron chi connectivity index (χ2n) is 4.48. The molecular formula is C12H21NO3S. The van der Waals surface area contributed by atoms with E-state index < -0.39 is 11.2 Å². The lowest BCUT2D eigenvalue weighted by molar-refractivity contribution is -0.136. The summed E-state index contributed by atoms with van der Waals surface area (Å²) in [4.78, 5) is 24.7. The van der Waals surface area contributed by atoms with Gasteiger partial charge in [-0.15, -0.1) is 11.8 Å². The molecule has 5 heteroatoms. The van der Waals surface area contributed by atoms with E-state index in [1.807, 2.05) is 11.8 Å². The van der Waals surface area contributed by atoms with E-state index in [1.54, 1.807) is 0 Å². The number of rotatable bonds is 5. The number of carboxylic acids is 1. The van der Waals surface area contributed by atoms with Gasteiger partial charge in [-0.2, -0.15) is 0 Å². The minimum atomic E-state index is -0.822. The van der Waals surface area contributed by atoms with Crippen LogP contribution in [0.15, 0.2) is 0 Å². The highest BCUT2D eigenvalue weighted by Crippen LogP contribution is 2.20. The molecule has 4 nitrogen and oxygen atoms in total. The molecule has 2 unspecified atom stereocenters. The number of hydrogen-bond acceptors (Lipinski definition) is 3. The van der Waals surface area contributed by atoms with Crippen molar-refractivity contribution in [1.29, 1.82) is 0 Å². The Morgan fingerprint density at radius 1 is 1.47 bits per heavy atom. The molecule has 1 amide bonds. The number of hydrogen-bond donors (Lipinski definition) is 1. The van der Waals surface area contributed by atoms with Gasteiger partial charge in [-0.1, -0.05) is 6.92 Å². The summed E-state index contributed by atoms with van der Waals surface area (Å²) in [6, 6.07) is 0.307. The van der Waals surface area contributed by atoms with Gasteiger partial charge in [-0.3, -0.25) is 9.59 Å². The van der Waals surface area contributed by atoms with Crippen LogP contribution >= 0.6 is 11.8 Å². The van der Waals surface area contributed by atoms with Crippen LogP contribution < -0.4 is 0 Å². The quantitative estimate of drug-likeness (QED) is 0.820. The second-order valence-corrected chi connectivity index (χ2v) is 5.67. The van der Waals surface area contributed by atoms with Gasteiger partial charge in [0.2, 0.25) is 5.91 Å². The van der Waals surface area contributed by atoms with Gasteiger partial charge in [0.05, 0.1) is 5.75 Å². The van der Waals surface area contributed by atoms with Crippen LogP contribution in [0.25, 0.3) is 0 Å². The predicted molar refractivity (Wildman–Crippen MR) is 69.2 cm³/mol. The smallest absolute Gasteiger partial charge is 0.316 e. The number of carboxylic acid groups (broad SMARTS) is 1. The average Bonchev–Trinajstić information content (AvgIpc) is 2.29. The lowest BCUT2D eigenvalue weighted by Crippen LogP contribution is -2.43. The zero-order valence-electron chi connectivity index (χ0n) is 10.5. The molecule has 1 rings (SSSR count). The van der Waals surface area contributed by atoms with Crippen molar-refractivity contribution in [1.82, 2.24) is 4.90 Å². The molecule has 0 radical (unpaired) electrons. The van der Waals surface area contributed by atoms with Crippen molar-refractivity contribution in [2.75, 3.05) is 12.3 Å². The van der Waals surface area contributed by atoms with Crippen LogP contribution in [-0.2, 0) is 9.59 Å². The van der Waals surface area contributed by atoms with Gasteiger partial charge in [0.1, 0.15) is 5.25 Å². The number of carbonyl (C=O) groups excluding carboxylic acids is 1. The summed E-state index contributed by atoms with van der Waals surface area (Å²) >= 11 is 1.24. The summed E-state index contributed by atoms with van der Waals surface area (Å²) in [5.41, 5.74) is 0. The molecule has 1 N–H and O–H groups in total. The molecule has 1 fully saturated rings. The summed E-state index contributed by atoms with van der Waals surface area (Å²) in [7, 11) is 0. The largest absolute Gasteiger partial charge is 0.480 e. The molecule has 98 valence electrons. The minimum Gasteiger partial charge on any atom is -0.480 e. The van der Waals surface area contributed by atoms with Crippen LogP contribution in [0.4, 0.5) is 0 Å². The number of aliphatic carboxylic acids is 1. The summed E-state index contributed by atoms with van der Waals surface area (Å²) in [6.45, 7) is 4.72. The molecule has 0 spiro atoms. The Bertz CT molecular complexity index is 283. The zero-order chi connectivity index (χ0) is 12.8. The van der Waals surface area contributed by atoms with Crippen molar-refractivity contribution in [3.05, 3.63) is 0 Å². The highest BCUT2D eigenvalue weighted by atomic mass is 32.2. The number of thioether (sulfide) groups is 1. The first-order chi connectivity index (χ1) is 8.06. The van der Waals surface area contributed by atoms with E-state index in [-0.39, 0.29) is 11.7 Å². The topological polar surface area (TPSA) is 57.6 Å². The van der Waals surface area contributed by atoms with Crippen molar-refractivity contribution < 1.29 is 14.7 Å². The number of likely N-dealkylation sites (tertiary alicyclic amines) is 1. The fourth-order valence-corrected chi connectivity index (χ4v) is 2.98. The van der Waals surface area contributed by atoms with Crippen LogP contribution in [0.3, 0.4) is 0 Å². The highest BCUT2D eigenvalue weighted by molar-refractivity contribution is 8.01. The van der Waals surface area contributed by atoms with Crippen molar-refractivity contribution in [2.24, 2.45) is 0 Å². The van der Waals surface area contributed by atoms with E-state index in [1.165, 1.54) is 18.2 Å². The number of amides is 1. The first-order valence-electron chi connectivity index (χ1n) is 6.20. The van der Waals surface area contributed by atoms with Crippen molar-refractivity contribution in [3.63, 3.8) is 0 Å². The van der Waals surface area contributed by atoms with Crippen LogP contribution in [0.2, 0.25) is 0 Å². The Hall–Kier alpha value is -0.710. The minimum absolute atomic E-state index is 0.0851. The van der Waals surface area contributed by atoms with Crippen molar-refractivity contribution in [3.8, 4) is 0 Å². The third kappa shape index (κ3) is 4.22. The maximum atomic E-state index is 12.0. The predicted octanol–water partition coefficient (Wildman–Crippen LogP) is 1.98. The Morgan fingerprint density at radius 3 is 2.71 bits per heavy atom. The highest BCUT2D eigenvalue weighted by Gasteiger charge is 2.24. The molecule has 2 atom stereocenters. The summed E-state index contributed by atoms with van der Waals surface area (Å²) < 4.78 is 0. The SMILES string of the molecule is CCC(SCC(=O)N1CCCCC1C)C(=O)O. The number of carbonyl (C=O) groups is 2. The van der Waals surface area contributed by atoms with Gasteiger partial charge in [0.25, 0.3) is 0 Å². The lowest BCUT2D eigenvalue weighted by Gasteiger charge is -2.33. The van der Waals surface area contributed by atoms with E-state index in [0.717, 1.165) is 19.4 Å². The number of piperidine rings is 1. The molecule has 1 aliphatic heterocycles. The van der Waals surface area contributed by atoms with Gasteiger partial charge in [0, 0.05) is 12.6 Å². The molecule has 0 aromatic heterocycles. The second kappa shape index (κ2) is 6.89. The fourth-order valence-electron chi connectivity index (χ4n) is 2.09. The molecule has 17 heavy (non-hydrogen) atoms. The van der Waals surface area contributed by atoms with Crippen LogP contribution in [0.5, 0.6) is 0 Å². The van der Waals surface area contributed by atoms with Gasteiger partial charge in [0.15, 0.2) is 0 Å². The van der Waals surface area contributed by atoms with Crippen LogP contribution in [0, 0.1) is 0 Å². The standard InChI is InChI=1S/C12H21NO3S/c1-3-10(12(15)16)17-8-11(14)13-7-5-4-6-9(13)2/h9-10H,3-8H2,1-2H3,(H,15,16). The molecule has 0 aromatic carbocycles. The first kappa shape index (κ1) is 14.4. The van der Waals surface area contributed by atoms with E-state index in [2.05, 4.69) is 6.92 Å². The van der Waals surface area contributed by atoms with E-state index in [4.69, 9.17) is 5.11 Å². The average molecular weight is 259 g/mol. The van der Waals surface area contributed by atoms with Crippen LogP contribution in [0.1, 0.15) is 39.5 Å². The Labute approximate surface area is 107 Å². The van der Waals surface area contributed by atoms with Gasteiger partial charge < -0.3 is 10.0 Å². The molecule has 0 saturated carbocycles. The molecule has 1 heterocycles. The molecule has 0 aliphatic carbocycles. The summed E-state index contributed by atoms with van der Waals surface area (Å²) in [6.07, 6.45) is 3.87. The van der Waals surface area contributed by atoms with Gasteiger partial charge in [-0.05, 0) is 32.6 Å². The zero-order valence-corrected chi connectivity index (χ0v) is 11.3. The van der Waals surface area contributed by atoms with E-state index in [9.17, 15) is 9.59 Å². The maximum absolute atomic E-state index is 12.0. The Balaban J connectivity index is 2.40. The third-order valence-electron chi connectivity index (χ3n) is 3.18. The number of nitrogens with zero attached hydrogens (tertiary/aromatic N) is 1. The normalized spacial score (nSPS) is 22.2. The maximum Gasteiger partial charge on any atom is 0.316 e. The first-order valence-corrected chi connectivity index (χ1v) is 7.25. The van der Waals surface area contributed by atoms with Crippen molar-refractivity contribution >= 4 is 23.6 Å².